The van der Waals surface area contributed by atoms with Gasteiger partial charge in [0.1, 0.15) is 0 Å². The minimum absolute atomic E-state index is 0.394. The minimum atomic E-state index is -0.441. The molecule has 4 nitrogen and oxygen atoms in total. The first-order chi connectivity index (χ1) is 4.52. The molecule has 62 valence electrons. The van der Waals surface area contributed by atoms with Crippen LogP contribution in [0.5, 0.6) is 0 Å². The van der Waals surface area contributed by atoms with Gasteiger partial charge in [0, 0.05) is 13.1 Å². The van der Waals surface area contributed by atoms with Crippen LogP contribution in [0.4, 0.5) is 0 Å². The molecule has 0 saturated carbocycles. The van der Waals surface area contributed by atoms with Crippen molar-refractivity contribution in [2.75, 3.05) is 13.1 Å². The molecule has 2 atom stereocenters. The summed E-state index contributed by atoms with van der Waals surface area (Å²) < 4.78 is 0. The fourth-order valence-corrected chi connectivity index (χ4v) is 0.753. The van der Waals surface area contributed by atoms with Crippen LogP contribution < -0.4 is 5.84 Å². The van der Waals surface area contributed by atoms with Gasteiger partial charge < -0.3 is 10.2 Å². The Morgan fingerprint density at radius 3 is 1.70 bits per heavy atom. The lowest BCUT2D eigenvalue weighted by atomic mass is 10.3. The van der Waals surface area contributed by atoms with E-state index in [0.717, 1.165) is 0 Å². The number of nitrogens with two attached hydrogens (primary N) is 1. The minimum Gasteiger partial charge on any atom is -0.392 e. The molecule has 4 heteroatoms. The van der Waals surface area contributed by atoms with Gasteiger partial charge in [0.15, 0.2) is 0 Å². The smallest absolute Gasteiger partial charge is 0.0653 e. The summed E-state index contributed by atoms with van der Waals surface area (Å²) in [5.41, 5.74) is 0. The van der Waals surface area contributed by atoms with Crippen molar-refractivity contribution >= 4 is 0 Å². The van der Waals surface area contributed by atoms with Gasteiger partial charge >= 0.3 is 0 Å². The number of nitrogens with zero attached hydrogens (tertiary/aromatic N) is 1. The molecule has 0 spiro atoms. The Hall–Kier alpha value is -0.160. The van der Waals surface area contributed by atoms with E-state index in [1.165, 1.54) is 5.01 Å². The van der Waals surface area contributed by atoms with E-state index in [1.807, 2.05) is 0 Å². The van der Waals surface area contributed by atoms with Crippen LogP contribution in [0.3, 0.4) is 0 Å². The molecule has 0 unspecified atom stereocenters. The largest absolute Gasteiger partial charge is 0.392 e. The second-order valence-corrected chi connectivity index (χ2v) is 2.65. The summed E-state index contributed by atoms with van der Waals surface area (Å²) in [7, 11) is 0. The normalized spacial score (nSPS) is 17.4. The summed E-state index contributed by atoms with van der Waals surface area (Å²) >= 11 is 0. The van der Waals surface area contributed by atoms with Crippen LogP contribution in [0.1, 0.15) is 13.8 Å². The first-order valence-electron chi connectivity index (χ1n) is 3.38. The molecule has 0 saturated heterocycles. The molecule has 0 aromatic rings. The molecular weight excluding hydrogens is 132 g/mol. The van der Waals surface area contributed by atoms with Crippen LogP contribution in [-0.2, 0) is 0 Å². The van der Waals surface area contributed by atoms with Crippen molar-refractivity contribution in [1.82, 2.24) is 5.01 Å². The maximum atomic E-state index is 8.83. The Kier molecular flexibility index (Phi) is 4.55. The first kappa shape index (κ1) is 9.84. The summed E-state index contributed by atoms with van der Waals surface area (Å²) in [6, 6.07) is 0. The van der Waals surface area contributed by atoms with Gasteiger partial charge in [-0.1, -0.05) is 0 Å². The summed E-state index contributed by atoms with van der Waals surface area (Å²) in [4.78, 5) is 0. The lowest BCUT2D eigenvalue weighted by Gasteiger charge is -2.18. The van der Waals surface area contributed by atoms with Gasteiger partial charge in [-0.15, -0.1) is 0 Å². The van der Waals surface area contributed by atoms with Crippen LogP contribution in [-0.4, -0.2) is 40.5 Å². The van der Waals surface area contributed by atoms with Crippen LogP contribution in [0.25, 0.3) is 0 Å². The standard InChI is InChI=1S/C6H16N2O2/c1-5(9)3-8(7)4-6(2)10/h5-6,9-10H,3-4,7H2,1-2H3/t5-,6-/m0/s1. The molecule has 0 aromatic carbocycles. The van der Waals surface area contributed by atoms with Crippen molar-refractivity contribution in [2.45, 2.75) is 26.1 Å². The fraction of sp³-hybridized carbons (Fsp3) is 1.00. The number of hydrazine groups is 1. The van der Waals surface area contributed by atoms with E-state index in [4.69, 9.17) is 16.1 Å². The average Bonchev–Trinajstić information content (AvgIpc) is 1.58. The molecule has 0 aliphatic heterocycles. The van der Waals surface area contributed by atoms with Crippen molar-refractivity contribution in [2.24, 2.45) is 5.84 Å². The third-order valence-electron chi connectivity index (χ3n) is 0.997. The number of rotatable bonds is 4. The quantitative estimate of drug-likeness (QED) is 0.350. The number of aliphatic hydroxyl groups is 2. The predicted molar refractivity (Wildman–Crippen MR) is 39.1 cm³/mol. The SMILES string of the molecule is C[C@H](O)CN(N)C[C@H](C)O. The van der Waals surface area contributed by atoms with Gasteiger partial charge in [-0.3, -0.25) is 5.84 Å². The Morgan fingerprint density at radius 2 is 1.50 bits per heavy atom. The molecule has 0 heterocycles. The van der Waals surface area contributed by atoms with Gasteiger partial charge in [0.05, 0.1) is 12.2 Å². The zero-order valence-corrected chi connectivity index (χ0v) is 6.49. The maximum absolute atomic E-state index is 8.83. The highest BCUT2D eigenvalue weighted by Crippen LogP contribution is 1.87. The molecule has 0 rings (SSSR count). The molecule has 0 fully saturated rings. The zero-order valence-electron chi connectivity index (χ0n) is 6.49. The van der Waals surface area contributed by atoms with E-state index in [-0.39, 0.29) is 0 Å². The number of hydrogen-bond acceptors (Lipinski definition) is 4. The molecular formula is C6H16N2O2. The van der Waals surface area contributed by atoms with Crippen molar-refractivity contribution in [3.05, 3.63) is 0 Å². The van der Waals surface area contributed by atoms with Crippen molar-refractivity contribution in [1.29, 1.82) is 0 Å². The Balaban J connectivity index is 3.34. The third kappa shape index (κ3) is 5.97. The van der Waals surface area contributed by atoms with Crippen LogP contribution in [0.15, 0.2) is 0 Å². The molecule has 0 amide bonds. The zero-order chi connectivity index (χ0) is 8.15. The lowest BCUT2D eigenvalue weighted by molar-refractivity contribution is 0.0841. The van der Waals surface area contributed by atoms with E-state index in [1.54, 1.807) is 13.8 Å². The second kappa shape index (κ2) is 4.62. The predicted octanol–water partition coefficient (Wildman–Crippen LogP) is -1.08. The maximum Gasteiger partial charge on any atom is 0.0653 e. The first-order valence-corrected chi connectivity index (χ1v) is 3.38. The van der Waals surface area contributed by atoms with Crippen LogP contribution >= 0.6 is 0 Å². The number of hydrogen-bond donors (Lipinski definition) is 3. The highest BCUT2D eigenvalue weighted by molar-refractivity contribution is 4.56. The Labute approximate surface area is 61.2 Å². The highest BCUT2D eigenvalue weighted by atomic mass is 16.3. The van der Waals surface area contributed by atoms with Crippen LogP contribution in [0, 0.1) is 0 Å². The molecule has 0 radical (unpaired) electrons. The average molecular weight is 148 g/mol. The van der Waals surface area contributed by atoms with Crippen LogP contribution in [0.2, 0.25) is 0 Å². The Bertz CT molecular complexity index is 75.8. The number of aliphatic hydroxyl groups excluding tert-OH is 2. The molecule has 0 aromatic heterocycles. The summed E-state index contributed by atoms with van der Waals surface area (Å²) in [6.45, 7) is 4.10. The van der Waals surface area contributed by atoms with Gasteiger partial charge in [0.2, 0.25) is 0 Å². The monoisotopic (exact) mass is 148 g/mol. The summed E-state index contributed by atoms with van der Waals surface area (Å²) in [6.07, 6.45) is -0.882. The molecule has 10 heavy (non-hydrogen) atoms. The van der Waals surface area contributed by atoms with Gasteiger partial charge in [-0.2, -0.15) is 0 Å². The van der Waals surface area contributed by atoms with E-state index in [0.29, 0.717) is 13.1 Å². The lowest BCUT2D eigenvalue weighted by Crippen LogP contribution is -2.41. The van der Waals surface area contributed by atoms with E-state index in [2.05, 4.69) is 0 Å². The van der Waals surface area contributed by atoms with Crippen molar-refractivity contribution in [3.63, 3.8) is 0 Å². The summed E-state index contributed by atoms with van der Waals surface area (Å²) in [5.74, 6) is 5.39. The van der Waals surface area contributed by atoms with E-state index in [9.17, 15) is 0 Å². The topological polar surface area (TPSA) is 69.7 Å². The second-order valence-electron chi connectivity index (χ2n) is 2.65. The van der Waals surface area contributed by atoms with Gasteiger partial charge in [-0.05, 0) is 13.8 Å². The highest BCUT2D eigenvalue weighted by Gasteiger charge is 2.05. The van der Waals surface area contributed by atoms with E-state index >= 15 is 0 Å². The van der Waals surface area contributed by atoms with E-state index < -0.39 is 12.2 Å². The fourth-order valence-electron chi connectivity index (χ4n) is 0.753. The summed E-state index contributed by atoms with van der Waals surface area (Å²) in [5, 5.41) is 19.1. The van der Waals surface area contributed by atoms with Gasteiger partial charge in [-0.25, -0.2) is 5.01 Å². The molecule has 0 aliphatic carbocycles. The van der Waals surface area contributed by atoms with Crippen molar-refractivity contribution in [3.8, 4) is 0 Å². The molecule has 0 bridgehead atoms. The van der Waals surface area contributed by atoms with Gasteiger partial charge in [0.25, 0.3) is 0 Å². The Morgan fingerprint density at radius 1 is 1.20 bits per heavy atom. The third-order valence-corrected chi connectivity index (χ3v) is 0.997. The van der Waals surface area contributed by atoms with Crippen molar-refractivity contribution < 1.29 is 10.2 Å². The molecule has 0 aliphatic rings. The molecule has 4 N–H and O–H groups in total.